The minimum atomic E-state index is -4.89. The van der Waals surface area contributed by atoms with E-state index in [1.807, 2.05) is 12.1 Å². The number of hydrogen-bond donors (Lipinski definition) is 1. The summed E-state index contributed by atoms with van der Waals surface area (Å²) < 4.78 is 38.9. The molecule has 0 bridgehead atoms. The number of nitrogens with one attached hydrogen (secondary N) is 1. The van der Waals surface area contributed by atoms with Gasteiger partial charge in [-0.15, -0.1) is 0 Å². The number of nitrogens with zero attached hydrogens (tertiary/aromatic N) is 2. The molecule has 0 atom stereocenters. The summed E-state index contributed by atoms with van der Waals surface area (Å²) in [6.45, 7) is 3.93. The topological polar surface area (TPSA) is 52.7 Å². The summed E-state index contributed by atoms with van der Waals surface area (Å²) in [6.07, 6.45) is -0.672. The fourth-order valence-electron chi connectivity index (χ4n) is 4.18. The highest BCUT2D eigenvalue weighted by molar-refractivity contribution is 5.96. The number of alkyl halides is 3. The van der Waals surface area contributed by atoms with Crippen molar-refractivity contribution in [3.05, 3.63) is 34.9 Å². The van der Waals surface area contributed by atoms with Gasteiger partial charge in [0.2, 0.25) is 0 Å². The third-order valence-electron chi connectivity index (χ3n) is 5.92. The molecule has 30 heavy (non-hydrogen) atoms. The lowest BCUT2D eigenvalue weighted by atomic mass is 9.97. The molecule has 5 nitrogen and oxygen atoms in total. The van der Waals surface area contributed by atoms with Crippen LogP contribution in [0, 0.1) is 0 Å². The highest BCUT2D eigenvalue weighted by Crippen LogP contribution is 2.20. The van der Waals surface area contributed by atoms with E-state index in [0.717, 1.165) is 62.3 Å². The Morgan fingerprint density at radius 1 is 1.03 bits per heavy atom. The summed E-state index contributed by atoms with van der Waals surface area (Å²) in [5.74, 6) is -1.90. The molecular weight excluding hydrogens is 395 g/mol. The van der Waals surface area contributed by atoms with E-state index in [1.54, 1.807) is 6.07 Å². The molecule has 2 aliphatic heterocycles. The van der Waals surface area contributed by atoms with Crippen LogP contribution in [-0.2, 0) is 17.6 Å². The van der Waals surface area contributed by atoms with Crippen LogP contribution >= 0.6 is 0 Å². The van der Waals surface area contributed by atoms with Crippen molar-refractivity contribution < 1.29 is 22.8 Å². The lowest BCUT2D eigenvalue weighted by molar-refractivity contribution is -0.185. The van der Waals surface area contributed by atoms with Gasteiger partial charge >= 0.3 is 12.1 Å². The highest BCUT2D eigenvalue weighted by Gasteiger charge is 2.42. The van der Waals surface area contributed by atoms with Gasteiger partial charge in [-0.1, -0.05) is 12.1 Å². The fourth-order valence-corrected chi connectivity index (χ4v) is 4.18. The predicted octanol–water partition coefficient (Wildman–Crippen LogP) is 2.82. The van der Waals surface area contributed by atoms with Crippen molar-refractivity contribution in [2.75, 3.05) is 45.8 Å². The van der Waals surface area contributed by atoms with Gasteiger partial charge in [0.1, 0.15) is 0 Å². The predicted molar refractivity (Wildman–Crippen MR) is 109 cm³/mol. The number of carbonyl (C=O) groups is 2. The van der Waals surface area contributed by atoms with Crippen molar-refractivity contribution in [3.8, 4) is 0 Å². The molecule has 1 aromatic rings. The van der Waals surface area contributed by atoms with Crippen LogP contribution in [0.15, 0.2) is 18.2 Å². The molecule has 1 fully saturated rings. The van der Waals surface area contributed by atoms with E-state index < -0.39 is 12.1 Å². The Morgan fingerprint density at radius 3 is 2.43 bits per heavy atom. The molecule has 1 aromatic carbocycles. The fraction of sp³-hybridized carbons (Fsp3) is 0.636. The molecular formula is C22H30F3N3O2. The average Bonchev–Trinajstić information content (AvgIpc) is 3.12. The van der Waals surface area contributed by atoms with Gasteiger partial charge < -0.3 is 15.1 Å². The summed E-state index contributed by atoms with van der Waals surface area (Å²) in [5, 5.41) is 3.33. The Morgan fingerprint density at radius 2 is 1.73 bits per heavy atom. The molecule has 1 saturated heterocycles. The zero-order valence-corrected chi connectivity index (χ0v) is 17.3. The molecule has 0 aliphatic carbocycles. The zero-order chi connectivity index (χ0) is 21.6. The second kappa shape index (κ2) is 10.4. The van der Waals surface area contributed by atoms with E-state index in [9.17, 15) is 22.8 Å². The number of fused-ring (bicyclic) bond motifs is 1. The van der Waals surface area contributed by atoms with Gasteiger partial charge in [-0.25, -0.2) is 0 Å². The molecule has 0 radical (unpaired) electrons. The summed E-state index contributed by atoms with van der Waals surface area (Å²) in [4.78, 5) is 27.3. The van der Waals surface area contributed by atoms with Gasteiger partial charge in [-0.2, -0.15) is 13.2 Å². The molecule has 2 heterocycles. The SMILES string of the molecule is O=C(CCCN(CCN1CCCC1)C(=O)C(F)(F)F)c1ccc2c(c1)CCNCC2. The van der Waals surface area contributed by atoms with E-state index in [0.29, 0.717) is 12.1 Å². The quantitative estimate of drug-likeness (QED) is 0.651. The number of carbonyl (C=O) groups excluding carboxylic acids is 2. The van der Waals surface area contributed by atoms with Crippen LogP contribution in [0.3, 0.4) is 0 Å². The maximum Gasteiger partial charge on any atom is 0.471 e. The first-order valence-corrected chi connectivity index (χ1v) is 10.8. The molecule has 8 heteroatoms. The zero-order valence-electron chi connectivity index (χ0n) is 17.3. The van der Waals surface area contributed by atoms with Gasteiger partial charge in [-0.3, -0.25) is 9.59 Å². The monoisotopic (exact) mass is 425 g/mol. The van der Waals surface area contributed by atoms with Crippen LogP contribution in [0.2, 0.25) is 0 Å². The van der Waals surface area contributed by atoms with E-state index in [4.69, 9.17) is 0 Å². The van der Waals surface area contributed by atoms with Crippen LogP contribution in [-0.4, -0.2) is 73.5 Å². The minimum Gasteiger partial charge on any atom is -0.334 e. The average molecular weight is 425 g/mol. The normalized spacial score (nSPS) is 17.4. The first kappa shape index (κ1) is 22.7. The Labute approximate surface area is 175 Å². The van der Waals surface area contributed by atoms with E-state index in [-0.39, 0.29) is 31.7 Å². The third-order valence-corrected chi connectivity index (χ3v) is 5.92. The Balaban J connectivity index is 1.54. The van der Waals surface area contributed by atoms with Gasteiger partial charge in [0, 0.05) is 31.6 Å². The number of likely N-dealkylation sites (tertiary alicyclic amines) is 1. The first-order valence-electron chi connectivity index (χ1n) is 10.8. The molecule has 0 unspecified atom stereocenters. The number of halogens is 3. The number of amides is 1. The molecule has 0 saturated carbocycles. The van der Waals surface area contributed by atoms with Crippen LogP contribution in [0.25, 0.3) is 0 Å². The van der Waals surface area contributed by atoms with Gasteiger partial charge in [0.25, 0.3) is 0 Å². The van der Waals surface area contributed by atoms with Crippen molar-refractivity contribution in [2.45, 2.75) is 44.7 Å². The molecule has 3 rings (SSSR count). The van der Waals surface area contributed by atoms with Gasteiger partial charge in [0.05, 0.1) is 0 Å². The van der Waals surface area contributed by atoms with E-state index in [2.05, 4.69) is 10.2 Å². The highest BCUT2D eigenvalue weighted by atomic mass is 19.4. The first-order chi connectivity index (χ1) is 14.3. The van der Waals surface area contributed by atoms with Crippen molar-refractivity contribution in [2.24, 2.45) is 0 Å². The summed E-state index contributed by atoms with van der Waals surface area (Å²) in [7, 11) is 0. The maximum absolute atomic E-state index is 13.0. The molecule has 166 valence electrons. The van der Waals surface area contributed by atoms with Gasteiger partial charge in [0.15, 0.2) is 5.78 Å². The van der Waals surface area contributed by atoms with Crippen molar-refractivity contribution in [3.63, 3.8) is 0 Å². The van der Waals surface area contributed by atoms with Crippen LogP contribution < -0.4 is 5.32 Å². The lowest BCUT2D eigenvalue weighted by Gasteiger charge is -2.26. The number of benzene rings is 1. The molecule has 2 aliphatic rings. The number of hydrogen-bond acceptors (Lipinski definition) is 4. The van der Waals surface area contributed by atoms with Crippen molar-refractivity contribution in [1.82, 2.24) is 15.1 Å². The Hall–Kier alpha value is -1.93. The Bertz CT molecular complexity index is 746. The van der Waals surface area contributed by atoms with Gasteiger partial charge in [-0.05, 0) is 75.5 Å². The third kappa shape index (κ3) is 6.28. The molecule has 1 N–H and O–H groups in total. The smallest absolute Gasteiger partial charge is 0.334 e. The minimum absolute atomic E-state index is 0.0401. The van der Waals surface area contributed by atoms with Crippen molar-refractivity contribution in [1.29, 1.82) is 0 Å². The summed E-state index contributed by atoms with van der Waals surface area (Å²) in [5.41, 5.74) is 2.99. The maximum atomic E-state index is 13.0. The summed E-state index contributed by atoms with van der Waals surface area (Å²) in [6, 6.07) is 5.69. The second-order valence-electron chi connectivity index (χ2n) is 8.10. The molecule has 0 aromatic heterocycles. The largest absolute Gasteiger partial charge is 0.471 e. The van der Waals surface area contributed by atoms with Crippen LogP contribution in [0.5, 0.6) is 0 Å². The number of Topliss-reactive ketones (excluding diaryl/α,β-unsaturated/α-hetero) is 1. The Kier molecular flexibility index (Phi) is 7.88. The van der Waals surface area contributed by atoms with Crippen LogP contribution in [0.1, 0.15) is 47.2 Å². The molecule has 0 spiro atoms. The number of ketones is 1. The number of rotatable bonds is 8. The van der Waals surface area contributed by atoms with E-state index in [1.165, 1.54) is 5.56 Å². The van der Waals surface area contributed by atoms with Crippen molar-refractivity contribution >= 4 is 11.7 Å². The van der Waals surface area contributed by atoms with Crippen LogP contribution in [0.4, 0.5) is 13.2 Å². The summed E-state index contributed by atoms with van der Waals surface area (Å²) >= 11 is 0. The second-order valence-corrected chi connectivity index (χ2v) is 8.10. The standard InChI is InChI=1S/C22H30F3N3O2/c23-22(24,25)21(30)28(15-14-27-11-1-2-12-27)13-3-4-20(29)19-6-5-17-7-9-26-10-8-18(17)16-19/h5-6,16,26H,1-4,7-15H2. The van der Waals surface area contributed by atoms with E-state index >= 15 is 0 Å². The molecule has 1 amide bonds. The lowest BCUT2D eigenvalue weighted by Crippen LogP contribution is -2.45.